The van der Waals surface area contributed by atoms with E-state index in [0.717, 1.165) is 16.7 Å². The Morgan fingerprint density at radius 3 is 1.58 bits per heavy atom. The molecular weight excluding hydrogens is 236 g/mol. The minimum Gasteiger partial charge on any atom is -0.294 e. The van der Waals surface area contributed by atoms with Gasteiger partial charge in [0.2, 0.25) is 0 Å². The lowest BCUT2D eigenvalue weighted by molar-refractivity contribution is 0.0991. The average molecular weight is 250 g/mol. The van der Waals surface area contributed by atoms with Crippen molar-refractivity contribution in [3.63, 3.8) is 0 Å². The minimum absolute atomic E-state index is 0.0624. The number of fused-ring (bicyclic) bond motifs is 4. The first kappa shape index (κ1) is 11.8. The molecule has 0 heterocycles. The van der Waals surface area contributed by atoms with E-state index in [1.165, 1.54) is 0 Å². The maximum atomic E-state index is 12.2. The number of rotatable bonds is 0. The third-order valence-electron chi connectivity index (χ3n) is 3.47. The summed E-state index contributed by atoms with van der Waals surface area (Å²) in [5.41, 5.74) is 4.20. The summed E-state index contributed by atoms with van der Waals surface area (Å²) < 4.78 is 0. The molecule has 2 aromatic rings. The Kier molecular flexibility index (Phi) is 2.79. The van der Waals surface area contributed by atoms with Gasteiger partial charge in [-0.3, -0.25) is 9.59 Å². The van der Waals surface area contributed by atoms with Crippen molar-refractivity contribution in [1.29, 1.82) is 0 Å². The van der Waals surface area contributed by atoms with E-state index in [1.807, 2.05) is 43.3 Å². The van der Waals surface area contributed by atoms with Crippen LogP contribution in [0.2, 0.25) is 0 Å². The summed E-state index contributed by atoms with van der Waals surface area (Å²) in [5, 5.41) is 0. The van der Waals surface area contributed by atoms with Gasteiger partial charge in [-0.2, -0.15) is 0 Å². The number of benzene rings is 2. The van der Waals surface area contributed by atoms with Gasteiger partial charge in [-0.15, -0.1) is 0 Å². The molecule has 2 heteroatoms. The highest BCUT2D eigenvalue weighted by atomic mass is 16.1. The van der Waals surface area contributed by atoms with Crippen LogP contribution in [-0.4, -0.2) is 11.6 Å². The summed E-state index contributed by atoms with van der Waals surface area (Å²) in [4.78, 5) is 24.5. The van der Waals surface area contributed by atoms with Gasteiger partial charge in [0, 0.05) is 24.0 Å². The van der Waals surface area contributed by atoms with Crippen LogP contribution in [0.1, 0.15) is 37.4 Å². The first-order valence-corrected chi connectivity index (χ1v) is 6.38. The topological polar surface area (TPSA) is 34.1 Å². The average Bonchev–Trinajstić information content (AvgIpc) is 2.41. The smallest absolute Gasteiger partial charge is 0.167 e. The van der Waals surface area contributed by atoms with E-state index in [4.69, 9.17) is 0 Å². The lowest BCUT2D eigenvalue weighted by atomic mass is 9.98. The molecule has 2 aromatic carbocycles. The molecule has 2 nitrogen and oxygen atoms in total. The first-order chi connectivity index (χ1) is 9.11. The highest BCUT2D eigenvalue weighted by Gasteiger charge is 2.15. The quantitative estimate of drug-likeness (QED) is 0.719. The number of ketones is 2. The van der Waals surface area contributed by atoms with E-state index in [2.05, 4.69) is 0 Å². The third-order valence-corrected chi connectivity index (χ3v) is 3.47. The highest BCUT2D eigenvalue weighted by Crippen LogP contribution is 2.18. The van der Waals surface area contributed by atoms with Crippen molar-refractivity contribution in [2.45, 2.75) is 19.8 Å². The van der Waals surface area contributed by atoms with Crippen LogP contribution in [-0.2, 0) is 12.8 Å². The molecule has 0 saturated heterocycles. The van der Waals surface area contributed by atoms with Crippen LogP contribution in [0.4, 0.5) is 0 Å². The molecule has 4 bridgehead atoms. The van der Waals surface area contributed by atoms with E-state index in [-0.39, 0.29) is 11.6 Å². The van der Waals surface area contributed by atoms with Gasteiger partial charge in [0.25, 0.3) is 0 Å². The van der Waals surface area contributed by atoms with Gasteiger partial charge in [-0.1, -0.05) is 24.3 Å². The maximum Gasteiger partial charge on any atom is 0.167 e. The van der Waals surface area contributed by atoms with Crippen molar-refractivity contribution in [2.24, 2.45) is 0 Å². The zero-order valence-corrected chi connectivity index (χ0v) is 10.8. The van der Waals surface area contributed by atoms with Crippen LogP contribution in [0.5, 0.6) is 0 Å². The van der Waals surface area contributed by atoms with E-state index < -0.39 is 0 Å². The highest BCUT2D eigenvalue weighted by molar-refractivity contribution is 6.03. The van der Waals surface area contributed by atoms with Gasteiger partial charge in [0.1, 0.15) is 0 Å². The number of hydrogen-bond donors (Lipinski definition) is 0. The standard InChI is InChI=1S/C17H14O2/c1-11-6-14-10-15(7-11)17(19)9-13-3-2-12(4-5-13)8-16(14)18/h2-7,10H,8-9H2,1H3. The van der Waals surface area contributed by atoms with Crippen molar-refractivity contribution >= 4 is 11.6 Å². The Labute approximate surface area is 112 Å². The summed E-state index contributed by atoms with van der Waals surface area (Å²) in [6, 6.07) is 13.2. The molecule has 0 aromatic heterocycles. The van der Waals surface area contributed by atoms with Gasteiger partial charge in [-0.05, 0) is 41.8 Å². The fourth-order valence-electron chi connectivity index (χ4n) is 2.45. The molecule has 0 saturated carbocycles. The zero-order chi connectivity index (χ0) is 13.4. The fraction of sp³-hybridized carbons (Fsp3) is 0.176. The predicted octanol–water partition coefficient (Wildman–Crippen LogP) is 3.16. The molecular formula is C17H14O2. The number of aryl methyl sites for hydroxylation is 1. The van der Waals surface area contributed by atoms with Crippen molar-refractivity contribution in [3.05, 3.63) is 70.3 Å². The van der Waals surface area contributed by atoms with Crippen LogP contribution in [0.3, 0.4) is 0 Å². The van der Waals surface area contributed by atoms with Gasteiger partial charge in [-0.25, -0.2) is 0 Å². The molecule has 2 aliphatic carbocycles. The monoisotopic (exact) mass is 250 g/mol. The summed E-state index contributed by atoms with van der Waals surface area (Å²) in [6.45, 7) is 1.92. The lowest BCUT2D eigenvalue weighted by Gasteiger charge is -2.05. The summed E-state index contributed by atoms with van der Waals surface area (Å²) in [7, 11) is 0. The van der Waals surface area contributed by atoms with Crippen molar-refractivity contribution < 1.29 is 9.59 Å². The lowest BCUT2D eigenvalue weighted by Crippen LogP contribution is -2.07. The second-order valence-electron chi connectivity index (χ2n) is 5.10. The van der Waals surface area contributed by atoms with Crippen LogP contribution in [0.25, 0.3) is 0 Å². The van der Waals surface area contributed by atoms with E-state index in [0.29, 0.717) is 24.0 Å². The van der Waals surface area contributed by atoms with E-state index in [1.54, 1.807) is 6.07 Å². The summed E-state index contributed by atoms with van der Waals surface area (Å²) >= 11 is 0. The second-order valence-corrected chi connectivity index (χ2v) is 5.10. The second kappa shape index (κ2) is 4.47. The van der Waals surface area contributed by atoms with Gasteiger partial charge >= 0.3 is 0 Å². The number of Topliss-reactive ketones (excluding diaryl/α,β-unsaturated/α-hetero) is 2. The van der Waals surface area contributed by atoms with Crippen LogP contribution in [0, 0.1) is 6.92 Å². The number of carbonyl (C=O) groups is 2. The third kappa shape index (κ3) is 2.34. The number of hydrogen-bond acceptors (Lipinski definition) is 2. The van der Waals surface area contributed by atoms with Gasteiger partial charge < -0.3 is 0 Å². The molecule has 0 spiro atoms. The number of carbonyl (C=O) groups excluding carboxylic acids is 2. The van der Waals surface area contributed by atoms with Gasteiger partial charge in [0.15, 0.2) is 11.6 Å². The Morgan fingerprint density at radius 1 is 0.737 bits per heavy atom. The minimum atomic E-state index is 0.0624. The van der Waals surface area contributed by atoms with E-state index in [9.17, 15) is 9.59 Å². The molecule has 0 amide bonds. The largest absolute Gasteiger partial charge is 0.294 e. The Bertz CT molecular complexity index is 611. The molecule has 0 N–H and O–H groups in total. The molecule has 0 atom stereocenters. The normalized spacial score (nSPS) is 14.4. The van der Waals surface area contributed by atoms with Crippen molar-refractivity contribution in [2.75, 3.05) is 0 Å². The molecule has 0 radical (unpaired) electrons. The molecule has 2 aliphatic rings. The Balaban J connectivity index is 2.18. The zero-order valence-electron chi connectivity index (χ0n) is 10.8. The molecule has 19 heavy (non-hydrogen) atoms. The van der Waals surface area contributed by atoms with Gasteiger partial charge in [0.05, 0.1) is 0 Å². The summed E-state index contributed by atoms with van der Waals surface area (Å²) in [5.74, 6) is 0.125. The van der Waals surface area contributed by atoms with E-state index >= 15 is 0 Å². The Morgan fingerprint density at radius 2 is 1.16 bits per heavy atom. The van der Waals surface area contributed by atoms with Crippen LogP contribution >= 0.6 is 0 Å². The van der Waals surface area contributed by atoms with Crippen LogP contribution < -0.4 is 0 Å². The molecule has 0 unspecified atom stereocenters. The Hall–Kier alpha value is -2.22. The predicted molar refractivity (Wildman–Crippen MR) is 73.7 cm³/mol. The fourth-order valence-corrected chi connectivity index (χ4v) is 2.45. The molecule has 4 rings (SSSR count). The van der Waals surface area contributed by atoms with Crippen molar-refractivity contribution in [3.8, 4) is 0 Å². The summed E-state index contributed by atoms with van der Waals surface area (Å²) in [6.07, 6.45) is 0.773. The molecule has 0 aliphatic heterocycles. The SMILES string of the molecule is Cc1cc2cc(c1)C(=O)Cc1ccc(cc1)CC2=O. The molecule has 0 fully saturated rings. The van der Waals surface area contributed by atoms with Crippen molar-refractivity contribution in [1.82, 2.24) is 0 Å². The maximum absolute atomic E-state index is 12.2. The van der Waals surface area contributed by atoms with Crippen LogP contribution in [0.15, 0.2) is 42.5 Å². The first-order valence-electron chi connectivity index (χ1n) is 6.38. The molecule has 94 valence electrons.